The number of pyridine rings is 2. The molecule has 0 aliphatic rings. The fourth-order valence-electron chi connectivity index (χ4n) is 1.85. The fourth-order valence-corrected chi connectivity index (χ4v) is 1.85. The van der Waals surface area contributed by atoms with Crippen molar-refractivity contribution in [3.8, 4) is 11.8 Å². The standard InChI is InChI=1S/C8H8N2O5.C8H10N2O3/c1-14-7-6(8(11)15-2)3-5(4-9-7)10(12)13;1-12-7-6(8(11)13-2)3-5(9)4-10-7/h3-4H,1-2H3;3-4H,9H2,1-2H3. The molecule has 0 bridgehead atoms. The van der Waals surface area contributed by atoms with Crippen molar-refractivity contribution in [1.29, 1.82) is 0 Å². The number of rotatable bonds is 5. The molecule has 28 heavy (non-hydrogen) atoms. The van der Waals surface area contributed by atoms with Crippen LogP contribution < -0.4 is 15.2 Å². The summed E-state index contributed by atoms with van der Waals surface area (Å²) in [5.41, 5.74) is 5.70. The van der Waals surface area contributed by atoms with Crippen molar-refractivity contribution in [2.45, 2.75) is 0 Å². The maximum Gasteiger partial charge on any atom is 0.343 e. The number of nitrogen functional groups attached to an aromatic ring is 1. The minimum atomic E-state index is -0.733. The largest absolute Gasteiger partial charge is 0.480 e. The molecule has 0 atom stereocenters. The summed E-state index contributed by atoms with van der Waals surface area (Å²) in [7, 11) is 5.18. The molecule has 0 aromatic carbocycles. The number of nitrogens with two attached hydrogens (primary N) is 1. The molecule has 0 aliphatic heterocycles. The van der Waals surface area contributed by atoms with E-state index in [9.17, 15) is 19.7 Å². The summed E-state index contributed by atoms with van der Waals surface area (Å²) >= 11 is 0. The molecule has 2 heterocycles. The highest BCUT2D eigenvalue weighted by molar-refractivity contribution is 5.93. The van der Waals surface area contributed by atoms with Crippen molar-refractivity contribution < 1.29 is 33.5 Å². The molecule has 12 heteroatoms. The van der Waals surface area contributed by atoms with Crippen molar-refractivity contribution in [2.24, 2.45) is 0 Å². The molecule has 0 amide bonds. The summed E-state index contributed by atoms with van der Waals surface area (Å²) in [5, 5.41) is 10.4. The third kappa shape index (κ3) is 5.52. The van der Waals surface area contributed by atoms with E-state index >= 15 is 0 Å². The van der Waals surface area contributed by atoms with Gasteiger partial charge in [-0.25, -0.2) is 19.6 Å². The number of nitrogens with zero attached hydrogens (tertiary/aromatic N) is 3. The Morgan fingerprint density at radius 2 is 1.39 bits per heavy atom. The van der Waals surface area contributed by atoms with Gasteiger partial charge in [-0.3, -0.25) is 10.1 Å². The number of nitro groups is 1. The number of hydrogen-bond acceptors (Lipinski definition) is 11. The lowest BCUT2D eigenvalue weighted by molar-refractivity contribution is -0.385. The van der Waals surface area contributed by atoms with Crippen molar-refractivity contribution >= 4 is 23.3 Å². The van der Waals surface area contributed by atoms with Gasteiger partial charge in [0.25, 0.3) is 5.69 Å². The quantitative estimate of drug-likeness (QED) is 0.440. The lowest BCUT2D eigenvalue weighted by atomic mass is 10.2. The lowest BCUT2D eigenvalue weighted by Crippen LogP contribution is -2.06. The second kappa shape index (κ2) is 10.3. The predicted octanol–water partition coefficient (Wildman–Crippen LogP) is 1.24. The Morgan fingerprint density at radius 1 is 0.929 bits per heavy atom. The van der Waals surface area contributed by atoms with Gasteiger partial charge in [-0.05, 0) is 6.07 Å². The molecule has 0 aliphatic carbocycles. The van der Waals surface area contributed by atoms with Crippen molar-refractivity contribution in [1.82, 2.24) is 9.97 Å². The Bertz CT molecular complexity index is 872. The van der Waals surface area contributed by atoms with Crippen LogP contribution in [0.4, 0.5) is 11.4 Å². The zero-order valence-electron chi connectivity index (χ0n) is 15.5. The summed E-state index contributed by atoms with van der Waals surface area (Å²) < 4.78 is 18.6. The van der Waals surface area contributed by atoms with E-state index in [1.165, 1.54) is 40.7 Å². The molecule has 2 aromatic heterocycles. The van der Waals surface area contributed by atoms with E-state index in [4.69, 9.17) is 15.2 Å². The van der Waals surface area contributed by atoms with Gasteiger partial charge in [0, 0.05) is 6.07 Å². The van der Waals surface area contributed by atoms with Crippen LogP contribution in [-0.4, -0.2) is 55.3 Å². The van der Waals surface area contributed by atoms with Crippen molar-refractivity contribution in [2.75, 3.05) is 34.2 Å². The van der Waals surface area contributed by atoms with E-state index in [1.807, 2.05) is 0 Å². The fraction of sp³-hybridized carbons (Fsp3) is 0.250. The average molecular weight is 394 g/mol. The number of aromatic nitrogens is 2. The van der Waals surface area contributed by atoms with Gasteiger partial charge in [0.2, 0.25) is 11.8 Å². The van der Waals surface area contributed by atoms with Crippen LogP contribution in [0.1, 0.15) is 20.7 Å². The molecule has 12 nitrogen and oxygen atoms in total. The van der Waals surface area contributed by atoms with Gasteiger partial charge in [0.05, 0.1) is 45.2 Å². The van der Waals surface area contributed by atoms with Gasteiger partial charge in [-0.2, -0.15) is 0 Å². The van der Waals surface area contributed by atoms with E-state index in [2.05, 4.69) is 19.4 Å². The van der Waals surface area contributed by atoms with Gasteiger partial charge in [0.15, 0.2) is 0 Å². The number of carbonyl (C=O) groups excluding carboxylic acids is 2. The molecule has 150 valence electrons. The molecule has 0 saturated carbocycles. The van der Waals surface area contributed by atoms with Crippen LogP contribution in [-0.2, 0) is 9.47 Å². The van der Waals surface area contributed by atoms with Gasteiger partial charge in [-0.1, -0.05) is 0 Å². The lowest BCUT2D eigenvalue weighted by Gasteiger charge is -2.05. The number of carbonyl (C=O) groups is 2. The van der Waals surface area contributed by atoms with Crippen molar-refractivity contribution in [3.63, 3.8) is 0 Å². The minimum absolute atomic E-state index is 0.00699. The average Bonchev–Trinajstić information content (AvgIpc) is 2.72. The van der Waals surface area contributed by atoms with Gasteiger partial charge in [0.1, 0.15) is 17.3 Å². The zero-order valence-corrected chi connectivity index (χ0v) is 15.5. The van der Waals surface area contributed by atoms with Crippen LogP contribution in [0.5, 0.6) is 11.8 Å². The Hall–Kier alpha value is -3.96. The van der Waals surface area contributed by atoms with E-state index in [0.29, 0.717) is 5.69 Å². The van der Waals surface area contributed by atoms with Crippen LogP contribution in [0.3, 0.4) is 0 Å². The first-order valence-electron chi connectivity index (χ1n) is 7.43. The van der Waals surface area contributed by atoms with Crippen LogP contribution in [0.2, 0.25) is 0 Å². The molecule has 2 aromatic rings. The number of methoxy groups -OCH3 is 4. The smallest absolute Gasteiger partial charge is 0.343 e. The molecule has 0 radical (unpaired) electrons. The normalized spacial score (nSPS) is 9.43. The van der Waals surface area contributed by atoms with E-state index in [1.54, 1.807) is 0 Å². The summed E-state index contributed by atoms with van der Waals surface area (Å²) in [5.74, 6) is -1.05. The Morgan fingerprint density at radius 3 is 1.82 bits per heavy atom. The van der Waals surface area contributed by atoms with Crippen LogP contribution in [0, 0.1) is 10.1 Å². The minimum Gasteiger partial charge on any atom is -0.480 e. The molecule has 0 unspecified atom stereocenters. The number of anilines is 1. The highest BCUT2D eigenvalue weighted by Crippen LogP contribution is 2.21. The van der Waals surface area contributed by atoms with Crippen LogP contribution >= 0.6 is 0 Å². The third-order valence-corrected chi connectivity index (χ3v) is 3.12. The summed E-state index contributed by atoms with van der Waals surface area (Å²) in [6, 6.07) is 2.51. The predicted molar refractivity (Wildman–Crippen MR) is 95.3 cm³/mol. The van der Waals surface area contributed by atoms with Crippen LogP contribution in [0.15, 0.2) is 24.5 Å². The van der Waals surface area contributed by atoms with Gasteiger partial charge >= 0.3 is 11.9 Å². The molecule has 2 N–H and O–H groups in total. The molecule has 0 saturated heterocycles. The second-order valence-electron chi connectivity index (χ2n) is 4.82. The zero-order chi connectivity index (χ0) is 21.3. The van der Waals surface area contributed by atoms with Gasteiger partial charge < -0.3 is 24.7 Å². The maximum atomic E-state index is 11.2. The summed E-state index contributed by atoms with van der Waals surface area (Å²) in [6.07, 6.45) is 2.41. The molecule has 0 fully saturated rings. The van der Waals surface area contributed by atoms with E-state index in [-0.39, 0.29) is 28.6 Å². The Kier molecular flexibility index (Phi) is 8.09. The SMILES string of the molecule is COC(=O)c1cc(N)cnc1OC.COC(=O)c1cc([N+](=O)[O-])cnc1OC. The maximum absolute atomic E-state index is 11.2. The number of ether oxygens (including phenoxy) is 4. The van der Waals surface area contributed by atoms with E-state index < -0.39 is 16.9 Å². The Labute approximate surface area is 159 Å². The second-order valence-corrected chi connectivity index (χ2v) is 4.82. The molecular formula is C16H18N4O8. The summed E-state index contributed by atoms with van der Waals surface area (Å²) in [6.45, 7) is 0. The van der Waals surface area contributed by atoms with Gasteiger partial charge in [-0.15, -0.1) is 0 Å². The van der Waals surface area contributed by atoms with Crippen LogP contribution in [0.25, 0.3) is 0 Å². The topological polar surface area (TPSA) is 166 Å². The highest BCUT2D eigenvalue weighted by Gasteiger charge is 2.19. The third-order valence-electron chi connectivity index (χ3n) is 3.12. The highest BCUT2D eigenvalue weighted by atomic mass is 16.6. The first-order valence-corrected chi connectivity index (χ1v) is 7.43. The van der Waals surface area contributed by atoms with Crippen molar-refractivity contribution in [3.05, 3.63) is 45.8 Å². The molecule has 0 spiro atoms. The summed E-state index contributed by atoms with van der Waals surface area (Å²) in [4.78, 5) is 39.6. The molecular weight excluding hydrogens is 376 g/mol. The number of hydrogen-bond donors (Lipinski definition) is 1. The molecule has 2 rings (SSSR count). The first kappa shape index (κ1) is 22.1. The number of esters is 2. The first-order chi connectivity index (χ1) is 13.3. The monoisotopic (exact) mass is 394 g/mol. The van der Waals surface area contributed by atoms with E-state index in [0.717, 1.165) is 12.3 Å². The Balaban J connectivity index is 0.000000283.